The smallest absolute Gasteiger partial charge is 0.410 e. The van der Waals surface area contributed by atoms with Gasteiger partial charge in [-0.3, -0.25) is 4.79 Å². The molecule has 1 aliphatic heterocycles. The average molecular weight is 367 g/mol. The van der Waals surface area contributed by atoms with Crippen LogP contribution >= 0.6 is 0 Å². The summed E-state index contributed by atoms with van der Waals surface area (Å²) in [5, 5.41) is 0. The van der Waals surface area contributed by atoms with Gasteiger partial charge in [-0.1, -0.05) is 32.6 Å². The summed E-state index contributed by atoms with van der Waals surface area (Å²) in [7, 11) is 0. The standard InChI is InChI=1S/C21H38N2O3/c1-5-6-14-23(19(24)17-10-8-7-9-11-17)18-12-15-22(16-13-18)20(25)26-21(2,3)4/h17-18H,5-16H2,1-4H3. The van der Waals surface area contributed by atoms with Gasteiger partial charge >= 0.3 is 6.09 Å². The Morgan fingerprint density at radius 3 is 2.19 bits per heavy atom. The van der Waals surface area contributed by atoms with Crippen molar-refractivity contribution in [2.75, 3.05) is 19.6 Å². The van der Waals surface area contributed by atoms with Gasteiger partial charge in [0.05, 0.1) is 0 Å². The van der Waals surface area contributed by atoms with E-state index in [0.717, 1.165) is 45.1 Å². The fourth-order valence-corrected chi connectivity index (χ4v) is 4.07. The summed E-state index contributed by atoms with van der Waals surface area (Å²) in [5.41, 5.74) is -0.460. The van der Waals surface area contributed by atoms with Crippen LogP contribution in [-0.4, -0.2) is 53.1 Å². The van der Waals surface area contributed by atoms with Gasteiger partial charge < -0.3 is 14.5 Å². The Kier molecular flexibility index (Phi) is 7.78. The molecule has 0 unspecified atom stereocenters. The lowest BCUT2D eigenvalue weighted by atomic mass is 9.87. The number of piperidine rings is 1. The molecule has 0 bridgehead atoms. The van der Waals surface area contributed by atoms with E-state index < -0.39 is 5.60 Å². The van der Waals surface area contributed by atoms with Crippen LogP contribution in [0.3, 0.4) is 0 Å². The maximum atomic E-state index is 13.1. The predicted molar refractivity (Wildman–Crippen MR) is 104 cm³/mol. The zero-order valence-electron chi connectivity index (χ0n) is 17.3. The van der Waals surface area contributed by atoms with Crippen molar-refractivity contribution in [1.82, 2.24) is 9.80 Å². The first-order valence-corrected chi connectivity index (χ1v) is 10.6. The van der Waals surface area contributed by atoms with E-state index in [1.807, 2.05) is 20.8 Å². The number of likely N-dealkylation sites (tertiary alicyclic amines) is 1. The van der Waals surface area contributed by atoms with Crippen LogP contribution in [0.4, 0.5) is 4.79 Å². The third-order valence-electron chi connectivity index (χ3n) is 5.55. The van der Waals surface area contributed by atoms with Crippen molar-refractivity contribution in [2.45, 2.75) is 97.1 Å². The Morgan fingerprint density at radius 1 is 1.04 bits per heavy atom. The minimum atomic E-state index is -0.460. The van der Waals surface area contributed by atoms with E-state index in [0.29, 0.717) is 19.0 Å². The molecule has 150 valence electrons. The van der Waals surface area contributed by atoms with Gasteiger partial charge in [0.25, 0.3) is 0 Å². The highest BCUT2D eigenvalue weighted by Gasteiger charge is 2.34. The van der Waals surface area contributed by atoms with Crippen molar-refractivity contribution < 1.29 is 14.3 Å². The average Bonchev–Trinajstić information content (AvgIpc) is 2.61. The maximum Gasteiger partial charge on any atom is 0.410 e. The summed E-state index contributed by atoms with van der Waals surface area (Å²) in [5.74, 6) is 0.596. The van der Waals surface area contributed by atoms with Crippen molar-refractivity contribution in [3.05, 3.63) is 0 Å². The predicted octanol–water partition coefficient (Wildman–Crippen LogP) is 4.59. The van der Waals surface area contributed by atoms with Gasteiger partial charge in [0.1, 0.15) is 5.60 Å². The highest BCUT2D eigenvalue weighted by atomic mass is 16.6. The van der Waals surface area contributed by atoms with Gasteiger partial charge in [0.2, 0.25) is 5.91 Å². The number of ether oxygens (including phenoxy) is 1. The van der Waals surface area contributed by atoms with E-state index in [1.165, 1.54) is 19.3 Å². The molecule has 0 N–H and O–H groups in total. The lowest BCUT2D eigenvalue weighted by Crippen LogP contribution is -2.51. The second-order valence-corrected chi connectivity index (χ2v) is 8.92. The Hall–Kier alpha value is -1.26. The molecule has 0 aromatic rings. The Balaban J connectivity index is 1.93. The fraction of sp³-hybridized carbons (Fsp3) is 0.905. The van der Waals surface area contributed by atoms with Gasteiger partial charge in [-0.25, -0.2) is 4.79 Å². The molecule has 2 rings (SSSR count). The van der Waals surface area contributed by atoms with E-state index >= 15 is 0 Å². The summed E-state index contributed by atoms with van der Waals surface area (Å²) < 4.78 is 5.49. The molecular formula is C21H38N2O3. The first-order chi connectivity index (χ1) is 12.3. The minimum absolute atomic E-state index is 0.226. The summed E-state index contributed by atoms with van der Waals surface area (Å²) in [4.78, 5) is 29.3. The number of rotatable bonds is 5. The molecule has 2 aliphatic rings. The van der Waals surface area contributed by atoms with E-state index in [-0.39, 0.29) is 18.1 Å². The molecule has 1 saturated carbocycles. The lowest BCUT2D eigenvalue weighted by molar-refractivity contribution is -0.140. The van der Waals surface area contributed by atoms with Gasteiger partial charge in [-0.15, -0.1) is 0 Å². The van der Waals surface area contributed by atoms with Crippen LogP contribution in [0.25, 0.3) is 0 Å². The van der Waals surface area contributed by atoms with Gasteiger partial charge in [-0.05, 0) is 52.9 Å². The largest absolute Gasteiger partial charge is 0.444 e. The molecule has 5 nitrogen and oxygen atoms in total. The van der Waals surface area contributed by atoms with Crippen LogP contribution in [-0.2, 0) is 9.53 Å². The van der Waals surface area contributed by atoms with E-state index in [9.17, 15) is 9.59 Å². The van der Waals surface area contributed by atoms with Crippen molar-refractivity contribution in [3.8, 4) is 0 Å². The van der Waals surface area contributed by atoms with Crippen LogP contribution in [0.2, 0.25) is 0 Å². The van der Waals surface area contributed by atoms with Crippen LogP contribution in [0, 0.1) is 5.92 Å². The highest BCUT2D eigenvalue weighted by Crippen LogP contribution is 2.28. The van der Waals surface area contributed by atoms with E-state index in [2.05, 4.69) is 11.8 Å². The number of hydrogen-bond acceptors (Lipinski definition) is 3. The zero-order chi connectivity index (χ0) is 19.2. The Bertz CT molecular complexity index is 458. The number of hydrogen-bond donors (Lipinski definition) is 0. The highest BCUT2D eigenvalue weighted by molar-refractivity contribution is 5.79. The van der Waals surface area contributed by atoms with Gasteiger partial charge in [0, 0.05) is 31.6 Å². The molecule has 1 aliphatic carbocycles. The molecule has 26 heavy (non-hydrogen) atoms. The first-order valence-electron chi connectivity index (χ1n) is 10.6. The lowest BCUT2D eigenvalue weighted by Gasteiger charge is -2.40. The van der Waals surface area contributed by atoms with Crippen molar-refractivity contribution in [3.63, 3.8) is 0 Å². The van der Waals surface area contributed by atoms with Crippen molar-refractivity contribution in [2.24, 2.45) is 5.92 Å². The molecule has 0 radical (unpaired) electrons. The van der Waals surface area contributed by atoms with Crippen LogP contribution in [0.15, 0.2) is 0 Å². The molecule has 0 aromatic heterocycles. The van der Waals surface area contributed by atoms with Gasteiger partial charge in [-0.2, -0.15) is 0 Å². The summed E-state index contributed by atoms with van der Waals surface area (Å²) in [6, 6.07) is 0.273. The Morgan fingerprint density at radius 2 is 1.65 bits per heavy atom. The number of carbonyl (C=O) groups is 2. The summed E-state index contributed by atoms with van der Waals surface area (Å²) >= 11 is 0. The number of carbonyl (C=O) groups excluding carboxylic acids is 2. The molecule has 2 amide bonds. The number of unbranched alkanes of at least 4 members (excludes halogenated alkanes) is 1. The first kappa shape index (κ1) is 21.0. The second-order valence-electron chi connectivity index (χ2n) is 8.92. The van der Waals surface area contributed by atoms with Crippen LogP contribution < -0.4 is 0 Å². The second kappa shape index (κ2) is 9.61. The number of nitrogens with zero attached hydrogens (tertiary/aromatic N) is 2. The SMILES string of the molecule is CCCCN(C(=O)C1CCCCC1)C1CCN(C(=O)OC(C)(C)C)CC1. The normalized spacial score (nSPS) is 20.1. The molecule has 1 heterocycles. The maximum absolute atomic E-state index is 13.1. The third kappa shape index (κ3) is 6.17. The van der Waals surface area contributed by atoms with E-state index in [1.54, 1.807) is 4.90 Å². The fourth-order valence-electron chi connectivity index (χ4n) is 4.07. The van der Waals surface area contributed by atoms with Crippen LogP contribution in [0.1, 0.15) is 85.5 Å². The molecule has 2 fully saturated rings. The molecule has 0 atom stereocenters. The molecule has 1 saturated heterocycles. The van der Waals surface area contributed by atoms with E-state index in [4.69, 9.17) is 4.74 Å². The summed E-state index contributed by atoms with van der Waals surface area (Å²) in [6.07, 6.45) is 9.42. The monoisotopic (exact) mass is 366 g/mol. The zero-order valence-corrected chi connectivity index (χ0v) is 17.3. The molecule has 5 heteroatoms. The summed E-state index contributed by atoms with van der Waals surface area (Å²) in [6.45, 7) is 10.1. The van der Waals surface area contributed by atoms with Crippen LogP contribution in [0.5, 0.6) is 0 Å². The topological polar surface area (TPSA) is 49.9 Å². The Labute approximate surface area is 159 Å². The minimum Gasteiger partial charge on any atom is -0.444 e. The quantitative estimate of drug-likeness (QED) is 0.715. The molecular weight excluding hydrogens is 328 g/mol. The van der Waals surface area contributed by atoms with Crippen molar-refractivity contribution in [1.29, 1.82) is 0 Å². The third-order valence-corrected chi connectivity index (χ3v) is 5.55. The molecule has 0 aromatic carbocycles. The van der Waals surface area contributed by atoms with Crippen molar-refractivity contribution >= 4 is 12.0 Å². The van der Waals surface area contributed by atoms with Gasteiger partial charge in [0.15, 0.2) is 0 Å². The molecule has 0 spiro atoms. The number of amides is 2.